The summed E-state index contributed by atoms with van der Waals surface area (Å²) >= 11 is 0. The Balaban J connectivity index is 1.79. The molecule has 116 valence electrons. The lowest BCUT2D eigenvalue weighted by Gasteiger charge is -2.40. The zero-order chi connectivity index (χ0) is 14.9. The van der Waals surface area contributed by atoms with Gasteiger partial charge in [0.05, 0.1) is 5.56 Å². The molecule has 0 spiro atoms. The quantitative estimate of drug-likeness (QED) is 0.909. The molecule has 2 aliphatic rings. The van der Waals surface area contributed by atoms with Crippen molar-refractivity contribution in [2.75, 3.05) is 18.0 Å². The predicted octanol–water partition coefficient (Wildman–Crippen LogP) is 3.21. The van der Waals surface area contributed by atoms with Gasteiger partial charge >= 0.3 is 6.18 Å². The van der Waals surface area contributed by atoms with Crippen LogP contribution in [0.25, 0.3) is 0 Å². The molecule has 6 heteroatoms. The van der Waals surface area contributed by atoms with E-state index in [9.17, 15) is 13.2 Å². The highest BCUT2D eigenvalue weighted by Crippen LogP contribution is 2.32. The average Bonchev–Trinajstić information content (AvgIpc) is 3.01. The number of pyridine rings is 1. The maximum Gasteiger partial charge on any atom is 0.417 e. The van der Waals surface area contributed by atoms with E-state index in [1.54, 1.807) is 0 Å². The van der Waals surface area contributed by atoms with E-state index in [0.29, 0.717) is 17.9 Å². The number of rotatable bonds is 2. The zero-order valence-corrected chi connectivity index (χ0v) is 11.9. The molecule has 1 aromatic heterocycles. The number of alkyl halides is 3. The molecular formula is C15H20F3N3. The van der Waals surface area contributed by atoms with Gasteiger partial charge in [0, 0.05) is 24.8 Å². The lowest BCUT2D eigenvalue weighted by atomic mass is 9.94. The zero-order valence-electron chi connectivity index (χ0n) is 11.9. The van der Waals surface area contributed by atoms with E-state index < -0.39 is 11.7 Å². The highest BCUT2D eigenvalue weighted by Gasteiger charge is 2.34. The molecule has 2 fully saturated rings. The summed E-state index contributed by atoms with van der Waals surface area (Å²) in [5.74, 6) is 0.668. The van der Waals surface area contributed by atoms with Gasteiger partial charge in [-0.1, -0.05) is 0 Å². The predicted molar refractivity (Wildman–Crippen MR) is 75.2 cm³/mol. The van der Waals surface area contributed by atoms with Crippen molar-refractivity contribution >= 4 is 5.82 Å². The number of aromatic nitrogens is 1. The molecule has 2 atom stereocenters. The summed E-state index contributed by atoms with van der Waals surface area (Å²) in [5, 5.41) is 3.51. The topological polar surface area (TPSA) is 28.2 Å². The largest absolute Gasteiger partial charge is 0.417 e. The van der Waals surface area contributed by atoms with Crippen molar-refractivity contribution in [2.24, 2.45) is 0 Å². The van der Waals surface area contributed by atoms with Crippen molar-refractivity contribution in [3.63, 3.8) is 0 Å². The number of nitrogens with zero attached hydrogens (tertiary/aromatic N) is 2. The van der Waals surface area contributed by atoms with Crippen LogP contribution >= 0.6 is 0 Å². The van der Waals surface area contributed by atoms with Gasteiger partial charge in [0.2, 0.25) is 0 Å². The molecule has 3 nitrogen and oxygen atoms in total. The van der Waals surface area contributed by atoms with Gasteiger partial charge in [-0.3, -0.25) is 0 Å². The monoisotopic (exact) mass is 299 g/mol. The van der Waals surface area contributed by atoms with Gasteiger partial charge in [-0.15, -0.1) is 0 Å². The van der Waals surface area contributed by atoms with Crippen LogP contribution < -0.4 is 10.2 Å². The van der Waals surface area contributed by atoms with Crippen LogP contribution in [0.4, 0.5) is 19.0 Å². The summed E-state index contributed by atoms with van der Waals surface area (Å²) in [5.41, 5.74) is -0.682. The molecule has 2 unspecified atom stereocenters. The molecule has 1 aromatic rings. The highest BCUT2D eigenvalue weighted by molar-refractivity contribution is 5.42. The first-order valence-electron chi connectivity index (χ1n) is 7.59. The van der Waals surface area contributed by atoms with E-state index >= 15 is 0 Å². The lowest BCUT2D eigenvalue weighted by molar-refractivity contribution is -0.137. The Morgan fingerprint density at radius 3 is 2.62 bits per heavy atom. The number of piperidine rings is 1. The maximum atomic E-state index is 12.6. The third kappa shape index (κ3) is 3.15. The van der Waals surface area contributed by atoms with Crippen molar-refractivity contribution < 1.29 is 13.2 Å². The number of halogens is 3. The molecule has 0 aromatic carbocycles. The first-order valence-corrected chi connectivity index (χ1v) is 7.59. The second-order valence-electron chi connectivity index (χ2n) is 5.86. The molecule has 1 N–H and O–H groups in total. The minimum absolute atomic E-state index is 0.352. The first kappa shape index (κ1) is 14.6. The Morgan fingerprint density at radius 2 is 2.00 bits per heavy atom. The summed E-state index contributed by atoms with van der Waals surface area (Å²) in [6, 6.07) is 3.44. The minimum atomic E-state index is -4.32. The fourth-order valence-electron chi connectivity index (χ4n) is 3.42. The summed E-state index contributed by atoms with van der Waals surface area (Å²) in [7, 11) is 0. The molecule has 2 aliphatic heterocycles. The van der Waals surface area contributed by atoms with Crippen molar-refractivity contribution in [1.29, 1.82) is 0 Å². The van der Waals surface area contributed by atoms with E-state index in [2.05, 4.69) is 15.2 Å². The van der Waals surface area contributed by atoms with Gasteiger partial charge in [-0.2, -0.15) is 13.2 Å². The summed E-state index contributed by atoms with van der Waals surface area (Å²) < 4.78 is 37.9. The summed E-state index contributed by atoms with van der Waals surface area (Å²) in [6.07, 6.45) is 2.28. The molecule has 0 amide bonds. The van der Waals surface area contributed by atoms with Crippen molar-refractivity contribution in [1.82, 2.24) is 10.3 Å². The Hall–Kier alpha value is -1.30. The highest BCUT2D eigenvalue weighted by atomic mass is 19.4. The van der Waals surface area contributed by atoms with Crippen LogP contribution in [0.5, 0.6) is 0 Å². The molecule has 0 saturated carbocycles. The molecule has 3 rings (SSSR count). The van der Waals surface area contributed by atoms with Crippen LogP contribution in [0.15, 0.2) is 18.3 Å². The fraction of sp³-hybridized carbons (Fsp3) is 0.667. The number of anilines is 1. The molecule has 0 aliphatic carbocycles. The van der Waals surface area contributed by atoms with Crippen LogP contribution in [0.3, 0.4) is 0 Å². The van der Waals surface area contributed by atoms with Crippen LogP contribution in [0.2, 0.25) is 0 Å². The number of hydrogen-bond donors (Lipinski definition) is 1. The van der Waals surface area contributed by atoms with Crippen LogP contribution in [-0.4, -0.2) is 30.2 Å². The summed E-state index contributed by atoms with van der Waals surface area (Å²) in [4.78, 5) is 6.26. The molecule has 3 heterocycles. The third-order valence-corrected chi connectivity index (χ3v) is 4.48. The first-order chi connectivity index (χ1) is 10.1. The summed E-state index contributed by atoms with van der Waals surface area (Å²) in [6.45, 7) is 1.91. The number of hydrogen-bond acceptors (Lipinski definition) is 3. The minimum Gasteiger partial charge on any atom is -0.352 e. The second-order valence-corrected chi connectivity index (χ2v) is 5.86. The smallest absolute Gasteiger partial charge is 0.352 e. The van der Waals surface area contributed by atoms with Gasteiger partial charge in [0.15, 0.2) is 0 Å². The van der Waals surface area contributed by atoms with E-state index in [4.69, 9.17) is 0 Å². The SMILES string of the molecule is FC(F)(F)c1ccc(N2CCCCC2C2CCCN2)nc1. The second kappa shape index (κ2) is 5.83. The van der Waals surface area contributed by atoms with E-state index in [0.717, 1.165) is 44.6 Å². The van der Waals surface area contributed by atoms with E-state index in [1.807, 2.05) is 0 Å². The Morgan fingerprint density at radius 1 is 1.14 bits per heavy atom. The number of nitrogens with one attached hydrogen (secondary N) is 1. The fourth-order valence-corrected chi connectivity index (χ4v) is 3.42. The standard InChI is InChI=1S/C15H20F3N3/c16-15(17,18)11-6-7-14(20-10-11)21-9-2-1-5-13(21)12-4-3-8-19-12/h6-7,10,12-13,19H,1-5,8-9H2. The molecule has 0 radical (unpaired) electrons. The Labute approximate surface area is 122 Å². The van der Waals surface area contributed by atoms with Crippen molar-refractivity contribution in [2.45, 2.75) is 50.4 Å². The van der Waals surface area contributed by atoms with Crippen molar-refractivity contribution in [3.05, 3.63) is 23.9 Å². The van der Waals surface area contributed by atoms with Gasteiger partial charge in [0.25, 0.3) is 0 Å². The van der Waals surface area contributed by atoms with Gasteiger partial charge in [-0.25, -0.2) is 4.98 Å². The Kier molecular flexibility index (Phi) is 4.06. The van der Waals surface area contributed by atoms with Crippen LogP contribution in [0.1, 0.15) is 37.7 Å². The third-order valence-electron chi connectivity index (χ3n) is 4.48. The van der Waals surface area contributed by atoms with Crippen LogP contribution in [-0.2, 0) is 6.18 Å². The Bertz CT molecular complexity index is 466. The average molecular weight is 299 g/mol. The van der Waals surface area contributed by atoms with Crippen molar-refractivity contribution in [3.8, 4) is 0 Å². The van der Waals surface area contributed by atoms with E-state index in [-0.39, 0.29) is 0 Å². The lowest BCUT2D eigenvalue weighted by Crippen LogP contribution is -2.50. The van der Waals surface area contributed by atoms with Gasteiger partial charge < -0.3 is 10.2 Å². The normalized spacial score (nSPS) is 27.1. The molecule has 2 saturated heterocycles. The molecule has 0 bridgehead atoms. The molecular weight excluding hydrogens is 279 g/mol. The van der Waals surface area contributed by atoms with Gasteiger partial charge in [-0.05, 0) is 50.8 Å². The van der Waals surface area contributed by atoms with Crippen LogP contribution in [0, 0.1) is 0 Å². The van der Waals surface area contributed by atoms with Gasteiger partial charge in [0.1, 0.15) is 5.82 Å². The maximum absolute atomic E-state index is 12.6. The molecule has 21 heavy (non-hydrogen) atoms. The van der Waals surface area contributed by atoms with E-state index in [1.165, 1.54) is 18.9 Å².